The Morgan fingerprint density at radius 2 is 1.89 bits per heavy atom. The minimum atomic E-state index is -0.0140. The number of aromatic nitrogens is 1. The average Bonchev–Trinajstić information content (AvgIpc) is 2.35. The molecule has 0 aliphatic rings. The molecule has 0 radical (unpaired) electrons. The number of hydrogen-bond donors (Lipinski definition) is 1. The van der Waals surface area contributed by atoms with Gasteiger partial charge in [-0.25, -0.2) is 0 Å². The fourth-order valence-electron chi connectivity index (χ4n) is 1.77. The molecule has 1 aromatic heterocycles. The molecule has 0 aliphatic heterocycles. The van der Waals surface area contributed by atoms with E-state index in [-0.39, 0.29) is 5.91 Å². The molecule has 0 saturated carbocycles. The molecule has 1 aromatic carbocycles. The highest BCUT2D eigenvalue weighted by molar-refractivity contribution is 5.90. The number of amides is 1. The Morgan fingerprint density at radius 3 is 2.61 bits per heavy atom. The van der Waals surface area contributed by atoms with Crippen LogP contribution in [-0.4, -0.2) is 5.91 Å². The van der Waals surface area contributed by atoms with Gasteiger partial charge in [0.1, 0.15) is 0 Å². The van der Waals surface area contributed by atoms with Crippen molar-refractivity contribution in [1.29, 1.82) is 0 Å². The predicted molar refractivity (Wildman–Crippen MR) is 71.2 cm³/mol. The third-order valence-corrected chi connectivity index (χ3v) is 2.77. The molecule has 92 valence electrons. The first-order valence-electron chi connectivity index (χ1n) is 5.96. The number of carbonyl (C=O) groups is 1. The van der Waals surface area contributed by atoms with E-state index in [9.17, 15) is 4.79 Å². The first kappa shape index (κ1) is 12.3. The van der Waals surface area contributed by atoms with Crippen LogP contribution in [0.1, 0.15) is 11.1 Å². The molecule has 1 N–H and O–H groups in total. The van der Waals surface area contributed by atoms with E-state index in [1.165, 1.54) is 0 Å². The lowest BCUT2D eigenvalue weighted by atomic mass is 10.1. The van der Waals surface area contributed by atoms with E-state index in [4.69, 9.17) is 0 Å². The van der Waals surface area contributed by atoms with Gasteiger partial charge in [0.2, 0.25) is 6.54 Å². The maximum Gasteiger partial charge on any atom is 0.290 e. The second-order valence-electron chi connectivity index (χ2n) is 4.41. The van der Waals surface area contributed by atoms with Gasteiger partial charge in [0.25, 0.3) is 5.91 Å². The van der Waals surface area contributed by atoms with E-state index >= 15 is 0 Å². The van der Waals surface area contributed by atoms with Gasteiger partial charge in [-0.1, -0.05) is 18.2 Å². The van der Waals surface area contributed by atoms with Gasteiger partial charge in [-0.15, -0.1) is 0 Å². The molecular formula is C15H17N2O+. The number of aryl methyl sites for hydroxylation is 2. The summed E-state index contributed by atoms with van der Waals surface area (Å²) in [5.74, 6) is -0.0140. The number of pyridine rings is 1. The van der Waals surface area contributed by atoms with E-state index in [2.05, 4.69) is 5.32 Å². The first-order valence-corrected chi connectivity index (χ1v) is 5.96. The zero-order chi connectivity index (χ0) is 13.0. The Bertz CT molecular complexity index is 550. The molecule has 0 unspecified atom stereocenters. The largest absolute Gasteiger partial charge is 0.320 e. The zero-order valence-corrected chi connectivity index (χ0v) is 10.7. The first-order chi connectivity index (χ1) is 8.65. The van der Waals surface area contributed by atoms with Crippen molar-refractivity contribution in [2.45, 2.75) is 20.4 Å². The number of benzene rings is 1. The fraction of sp³-hybridized carbons (Fsp3) is 0.200. The number of rotatable bonds is 3. The Balaban J connectivity index is 2.05. The van der Waals surface area contributed by atoms with Crippen molar-refractivity contribution in [3.8, 4) is 0 Å². The van der Waals surface area contributed by atoms with E-state index in [1.807, 2.05) is 67.2 Å². The van der Waals surface area contributed by atoms with Crippen LogP contribution in [0.15, 0.2) is 48.8 Å². The highest BCUT2D eigenvalue weighted by atomic mass is 16.1. The number of nitrogens with zero attached hydrogens (tertiary/aromatic N) is 1. The van der Waals surface area contributed by atoms with Gasteiger partial charge < -0.3 is 5.32 Å². The standard InChI is InChI=1S/C15H16N2O/c1-12-6-7-13(2)14(10-12)16-15(18)11-17-8-4-3-5-9-17/h3-10H,11H2,1-2H3/p+1. The summed E-state index contributed by atoms with van der Waals surface area (Å²) in [5, 5.41) is 2.94. The van der Waals surface area contributed by atoms with Gasteiger partial charge in [0.15, 0.2) is 12.4 Å². The molecule has 0 aliphatic carbocycles. The topological polar surface area (TPSA) is 33.0 Å². The van der Waals surface area contributed by atoms with Crippen LogP contribution in [-0.2, 0) is 11.3 Å². The summed E-state index contributed by atoms with van der Waals surface area (Å²) < 4.78 is 1.85. The van der Waals surface area contributed by atoms with Crippen molar-refractivity contribution in [2.75, 3.05) is 5.32 Å². The van der Waals surface area contributed by atoms with Crippen LogP contribution < -0.4 is 9.88 Å². The molecule has 1 heterocycles. The number of anilines is 1. The lowest BCUT2D eigenvalue weighted by molar-refractivity contribution is -0.684. The number of carbonyl (C=O) groups excluding carboxylic acids is 1. The molecular weight excluding hydrogens is 224 g/mol. The van der Waals surface area contributed by atoms with Gasteiger partial charge in [0, 0.05) is 17.8 Å². The highest BCUT2D eigenvalue weighted by Gasteiger charge is 2.09. The molecule has 3 nitrogen and oxygen atoms in total. The molecule has 1 amide bonds. The average molecular weight is 241 g/mol. The quantitative estimate of drug-likeness (QED) is 0.821. The van der Waals surface area contributed by atoms with E-state index in [0.29, 0.717) is 6.54 Å². The summed E-state index contributed by atoms with van der Waals surface area (Å²) in [6, 6.07) is 11.8. The van der Waals surface area contributed by atoms with Crippen LogP contribution in [0.25, 0.3) is 0 Å². The number of nitrogens with one attached hydrogen (secondary N) is 1. The van der Waals surface area contributed by atoms with Gasteiger partial charge >= 0.3 is 0 Å². The molecule has 18 heavy (non-hydrogen) atoms. The van der Waals surface area contributed by atoms with Crippen molar-refractivity contribution in [3.05, 3.63) is 59.9 Å². The van der Waals surface area contributed by atoms with Crippen LogP contribution in [0.3, 0.4) is 0 Å². The van der Waals surface area contributed by atoms with E-state index < -0.39 is 0 Å². The molecule has 0 bridgehead atoms. The summed E-state index contributed by atoms with van der Waals surface area (Å²) in [6.45, 7) is 4.33. The van der Waals surface area contributed by atoms with Crippen molar-refractivity contribution < 1.29 is 9.36 Å². The van der Waals surface area contributed by atoms with E-state index in [1.54, 1.807) is 0 Å². The Labute approximate surface area is 107 Å². The molecule has 3 heteroatoms. The lowest BCUT2D eigenvalue weighted by Gasteiger charge is -2.07. The van der Waals surface area contributed by atoms with Crippen LogP contribution in [0.5, 0.6) is 0 Å². The van der Waals surface area contributed by atoms with Crippen LogP contribution >= 0.6 is 0 Å². The third-order valence-electron chi connectivity index (χ3n) is 2.77. The molecule has 0 fully saturated rings. The Hall–Kier alpha value is -2.16. The summed E-state index contributed by atoms with van der Waals surface area (Å²) in [7, 11) is 0. The summed E-state index contributed by atoms with van der Waals surface area (Å²) in [6.07, 6.45) is 3.76. The van der Waals surface area contributed by atoms with Crippen LogP contribution in [0.4, 0.5) is 5.69 Å². The number of hydrogen-bond acceptors (Lipinski definition) is 1. The maximum atomic E-state index is 11.9. The smallest absolute Gasteiger partial charge is 0.290 e. The fourth-order valence-corrected chi connectivity index (χ4v) is 1.77. The second kappa shape index (κ2) is 5.45. The predicted octanol–water partition coefficient (Wildman–Crippen LogP) is 2.23. The van der Waals surface area contributed by atoms with Crippen molar-refractivity contribution in [2.24, 2.45) is 0 Å². The van der Waals surface area contributed by atoms with Gasteiger partial charge in [-0.3, -0.25) is 4.79 Å². The van der Waals surface area contributed by atoms with Gasteiger partial charge in [0.05, 0.1) is 0 Å². The summed E-state index contributed by atoms with van der Waals surface area (Å²) >= 11 is 0. The van der Waals surface area contributed by atoms with Crippen molar-refractivity contribution >= 4 is 11.6 Å². The monoisotopic (exact) mass is 241 g/mol. The summed E-state index contributed by atoms with van der Waals surface area (Å²) in [4.78, 5) is 11.9. The normalized spacial score (nSPS) is 10.1. The highest BCUT2D eigenvalue weighted by Crippen LogP contribution is 2.15. The zero-order valence-electron chi connectivity index (χ0n) is 10.7. The Morgan fingerprint density at radius 1 is 1.17 bits per heavy atom. The van der Waals surface area contributed by atoms with Crippen molar-refractivity contribution in [3.63, 3.8) is 0 Å². The minimum absolute atomic E-state index is 0.0140. The molecule has 2 rings (SSSR count). The maximum absolute atomic E-state index is 11.9. The Kier molecular flexibility index (Phi) is 3.72. The van der Waals surface area contributed by atoms with Gasteiger partial charge in [-0.05, 0) is 31.0 Å². The molecule has 0 saturated heterocycles. The second-order valence-corrected chi connectivity index (χ2v) is 4.41. The summed E-state index contributed by atoms with van der Waals surface area (Å²) in [5.41, 5.74) is 3.10. The van der Waals surface area contributed by atoms with Gasteiger partial charge in [-0.2, -0.15) is 4.57 Å². The molecule has 2 aromatic rings. The van der Waals surface area contributed by atoms with E-state index in [0.717, 1.165) is 16.8 Å². The van der Waals surface area contributed by atoms with Crippen LogP contribution in [0.2, 0.25) is 0 Å². The van der Waals surface area contributed by atoms with Crippen molar-refractivity contribution in [1.82, 2.24) is 0 Å². The molecule has 0 spiro atoms. The van der Waals surface area contributed by atoms with Crippen LogP contribution in [0, 0.1) is 13.8 Å². The third kappa shape index (κ3) is 3.17. The lowest BCUT2D eigenvalue weighted by Crippen LogP contribution is -2.39. The molecule has 0 atom stereocenters. The minimum Gasteiger partial charge on any atom is -0.320 e. The SMILES string of the molecule is Cc1ccc(C)c(NC(=O)C[n+]2ccccc2)c1.